The van der Waals surface area contributed by atoms with Gasteiger partial charge in [0.2, 0.25) is 10.4 Å². The summed E-state index contributed by atoms with van der Waals surface area (Å²) in [6.45, 7) is 0. The Morgan fingerprint density at radius 1 is 1.35 bits per heavy atom. The van der Waals surface area contributed by atoms with E-state index in [-0.39, 0.29) is 0 Å². The fourth-order valence-corrected chi connectivity index (χ4v) is 2.45. The van der Waals surface area contributed by atoms with Crippen molar-refractivity contribution in [3.8, 4) is 0 Å². The SMILES string of the molecule is COS(=O)(=O)[O-].CSc1ccc2c(c1)n(C)c(C(F)(F)F)[n+]2C. The van der Waals surface area contributed by atoms with Crippen LogP contribution in [0.1, 0.15) is 5.82 Å². The van der Waals surface area contributed by atoms with Gasteiger partial charge in [-0.3, -0.25) is 4.18 Å². The molecule has 6 nitrogen and oxygen atoms in total. The van der Waals surface area contributed by atoms with E-state index >= 15 is 0 Å². The molecule has 2 rings (SSSR count). The zero-order valence-corrected chi connectivity index (χ0v) is 14.3. The average molecular weight is 372 g/mol. The molecule has 11 heteroatoms. The fraction of sp³-hybridized carbons (Fsp3) is 0.417. The van der Waals surface area contributed by atoms with Gasteiger partial charge in [0.1, 0.15) is 0 Å². The van der Waals surface area contributed by atoms with E-state index in [1.165, 1.54) is 35.0 Å². The Kier molecular flexibility index (Phi) is 6.07. The van der Waals surface area contributed by atoms with Gasteiger partial charge in [-0.25, -0.2) is 17.6 Å². The van der Waals surface area contributed by atoms with Crippen LogP contribution in [0.15, 0.2) is 23.1 Å². The zero-order chi connectivity index (χ0) is 18.0. The number of imidazole rings is 1. The second-order valence-corrected chi connectivity index (χ2v) is 6.40. The molecule has 130 valence electrons. The summed E-state index contributed by atoms with van der Waals surface area (Å²) in [5.41, 5.74) is 1.17. The third-order valence-corrected chi connectivity index (χ3v) is 4.13. The first kappa shape index (κ1) is 19.7. The van der Waals surface area contributed by atoms with Crippen LogP contribution in [0, 0.1) is 0 Å². The summed E-state index contributed by atoms with van der Waals surface area (Å²) in [4.78, 5) is 0.951. The average Bonchev–Trinajstić information content (AvgIpc) is 2.69. The van der Waals surface area contributed by atoms with Crippen LogP contribution in [0.5, 0.6) is 0 Å². The molecule has 0 saturated heterocycles. The van der Waals surface area contributed by atoms with E-state index in [0.717, 1.165) is 12.0 Å². The van der Waals surface area contributed by atoms with Gasteiger partial charge in [0, 0.05) is 11.0 Å². The summed E-state index contributed by atoms with van der Waals surface area (Å²) < 4.78 is 72.0. The molecule has 2 aromatic rings. The van der Waals surface area contributed by atoms with Gasteiger partial charge >= 0.3 is 12.0 Å². The lowest BCUT2D eigenvalue weighted by atomic mass is 10.3. The van der Waals surface area contributed by atoms with E-state index in [4.69, 9.17) is 0 Å². The third kappa shape index (κ3) is 4.83. The number of hydrogen-bond acceptors (Lipinski definition) is 5. The number of rotatable bonds is 2. The summed E-state index contributed by atoms with van der Waals surface area (Å²) >= 11 is 1.51. The topological polar surface area (TPSA) is 75.2 Å². The second-order valence-electron chi connectivity index (χ2n) is 4.37. The molecule has 23 heavy (non-hydrogen) atoms. The maximum atomic E-state index is 12.9. The predicted molar refractivity (Wildman–Crippen MR) is 77.6 cm³/mol. The Hall–Kier alpha value is -1.30. The lowest BCUT2D eigenvalue weighted by molar-refractivity contribution is -0.667. The van der Waals surface area contributed by atoms with E-state index in [1.807, 2.05) is 12.3 Å². The van der Waals surface area contributed by atoms with Gasteiger partial charge in [0.05, 0.1) is 21.2 Å². The Morgan fingerprint density at radius 2 is 1.87 bits per heavy atom. The smallest absolute Gasteiger partial charge is 0.495 e. The molecule has 0 aliphatic carbocycles. The van der Waals surface area contributed by atoms with E-state index < -0.39 is 22.4 Å². The van der Waals surface area contributed by atoms with E-state index in [1.54, 1.807) is 12.1 Å². The van der Waals surface area contributed by atoms with Crippen molar-refractivity contribution < 1.29 is 34.9 Å². The van der Waals surface area contributed by atoms with E-state index in [9.17, 15) is 26.1 Å². The standard InChI is InChI=1S/C11H12F3N2S.CH4O4S/c1-15-8-5-4-7(17-3)6-9(8)16(2)10(15)11(12,13)14;1-5-6(2,3)4/h4-6H,1-3H3;1H3,(H,2,3,4)/q+1;/p-1. The highest BCUT2D eigenvalue weighted by molar-refractivity contribution is 7.98. The number of fused-ring (bicyclic) bond motifs is 1. The lowest BCUT2D eigenvalue weighted by Crippen LogP contribution is -2.37. The highest BCUT2D eigenvalue weighted by Gasteiger charge is 2.45. The first-order valence-electron chi connectivity index (χ1n) is 6.03. The van der Waals surface area contributed by atoms with Gasteiger partial charge in [-0.1, -0.05) is 0 Å². The number of thioether (sulfide) groups is 1. The van der Waals surface area contributed by atoms with Crippen LogP contribution in [-0.4, -0.2) is 30.9 Å². The number of benzene rings is 1. The van der Waals surface area contributed by atoms with Gasteiger partial charge < -0.3 is 4.55 Å². The van der Waals surface area contributed by atoms with Gasteiger partial charge in [-0.15, -0.1) is 11.8 Å². The minimum Gasteiger partial charge on any atom is -0.726 e. The molecular formula is C12H15F3N2O4S2. The minimum atomic E-state index is -4.41. The maximum absolute atomic E-state index is 12.9. The van der Waals surface area contributed by atoms with Crippen molar-refractivity contribution in [3.05, 3.63) is 24.0 Å². The maximum Gasteiger partial charge on any atom is 0.495 e. The molecule has 1 aromatic carbocycles. The molecule has 0 fully saturated rings. The van der Waals surface area contributed by atoms with Crippen molar-refractivity contribution in [1.29, 1.82) is 0 Å². The van der Waals surface area contributed by atoms with Crippen LogP contribution >= 0.6 is 11.8 Å². The number of aryl methyl sites for hydroxylation is 2. The van der Waals surface area contributed by atoms with Gasteiger partial charge in [-0.05, 0) is 18.4 Å². The molecule has 0 saturated carbocycles. The molecule has 1 heterocycles. The molecule has 0 amide bonds. The molecule has 0 unspecified atom stereocenters. The summed E-state index contributed by atoms with van der Waals surface area (Å²) in [5, 5.41) is 0. The number of alkyl halides is 3. The lowest BCUT2D eigenvalue weighted by Gasteiger charge is -2.01. The summed E-state index contributed by atoms with van der Waals surface area (Å²) in [7, 11) is -0.730. The molecule has 0 aliphatic rings. The van der Waals surface area contributed by atoms with Crippen molar-refractivity contribution in [2.75, 3.05) is 13.4 Å². The van der Waals surface area contributed by atoms with Crippen LogP contribution < -0.4 is 4.57 Å². The minimum absolute atomic E-state index is 0.581. The number of aromatic nitrogens is 2. The molecule has 0 aliphatic heterocycles. The van der Waals surface area contributed by atoms with Gasteiger partial charge in [-0.2, -0.15) is 13.2 Å². The van der Waals surface area contributed by atoms with E-state index in [2.05, 4.69) is 4.18 Å². The monoisotopic (exact) mass is 372 g/mol. The number of nitrogens with zero attached hydrogens (tertiary/aromatic N) is 2. The van der Waals surface area contributed by atoms with Crippen molar-refractivity contribution in [2.24, 2.45) is 14.1 Å². The highest BCUT2D eigenvalue weighted by Crippen LogP contribution is 2.30. The normalized spacial score (nSPS) is 12.2. The Labute approximate surface area is 135 Å². The quantitative estimate of drug-likeness (QED) is 0.348. The van der Waals surface area contributed by atoms with Gasteiger partial charge in [0.25, 0.3) is 0 Å². The number of hydrogen-bond donors (Lipinski definition) is 0. The van der Waals surface area contributed by atoms with Crippen molar-refractivity contribution in [1.82, 2.24) is 4.57 Å². The van der Waals surface area contributed by atoms with Crippen molar-refractivity contribution >= 4 is 33.2 Å². The Balaban J connectivity index is 0.000000379. The summed E-state index contributed by atoms with van der Waals surface area (Å²) in [6.07, 6.45) is -2.45. The zero-order valence-electron chi connectivity index (χ0n) is 12.7. The van der Waals surface area contributed by atoms with E-state index in [0.29, 0.717) is 11.0 Å². The molecule has 1 aromatic heterocycles. The number of halogens is 3. The molecule has 0 spiro atoms. The highest BCUT2D eigenvalue weighted by atomic mass is 32.3. The fourth-order valence-electron chi connectivity index (χ4n) is 2.02. The largest absolute Gasteiger partial charge is 0.726 e. The summed E-state index contributed by atoms with van der Waals surface area (Å²) in [6, 6.07) is 5.32. The molecule has 0 atom stereocenters. The second kappa shape index (κ2) is 7.07. The van der Waals surface area contributed by atoms with Crippen LogP contribution in [-0.2, 0) is 34.9 Å². The van der Waals surface area contributed by atoms with Crippen LogP contribution in [0.4, 0.5) is 13.2 Å². The predicted octanol–water partition coefficient (Wildman–Crippen LogP) is 1.84. The molecule has 0 bridgehead atoms. The summed E-state index contributed by atoms with van der Waals surface area (Å²) in [5.74, 6) is -0.647. The van der Waals surface area contributed by atoms with Crippen molar-refractivity contribution in [2.45, 2.75) is 11.1 Å². The van der Waals surface area contributed by atoms with Crippen LogP contribution in [0.2, 0.25) is 0 Å². The van der Waals surface area contributed by atoms with Crippen LogP contribution in [0.3, 0.4) is 0 Å². The molecule has 0 N–H and O–H groups in total. The first-order valence-corrected chi connectivity index (χ1v) is 8.59. The molecule has 0 radical (unpaired) electrons. The third-order valence-electron chi connectivity index (χ3n) is 3.00. The van der Waals surface area contributed by atoms with Crippen LogP contribution in [0.25, 0.3) is 11.0 Å². The molecular weight excluding hydrogens is 357 g/mol. The first-order chi connectivity index (χ1) is 10.4. The Morgan fingerprint density at radius 3 is 2.26 bits per heavy atom. The van der Waals surface area contributed by atoms with Gasteiger partial charge in [0.15, 0.2) is 11.0 Å². The van der Waals surface area contributed by atoms with Crippen molar-refractivity contribution in [3.63, 3.8) is 0 Å². The Bertz CT molecular complexity index is 801.